The maximum absolute atomic E-state index is 13.1. The summed E-state index contributed by atoms with van der Waals surface area (Å²) >= 11 is 0. The number of carboxylic acids is 1. The summed E-state index contributed by atoms with van der Waals surface area (Å²) in [7, 11) is 1.90. The number of rotatable bonds is 5. The summed E-state index contributed by atoms with van der Waals surface area (Å²) in [5, 5.41) is 18.3. The lowest BCUT2D eigenvalue weighted by molar-refractivity contribution is 0.0698. The third-order valence-electron chi connectivity index (χ3n) is 6.25. The van der Waals surface area contributed by atoms with Crippen molar-refractivity contribution in [3.63, 3.8) is 0 Å². The van der Waals surface area contributed by atoms with E-state index in [2.05, 4.69) is 10.4 Å². The van der Waals surface area contributed by atoms with E-state index in [0.29, 0.717) is 17.0 Å². The van der Waals surface area contributed by atoms with Crippen LogP contribution in [0.3, 0.4) is 0 Å². The Morgan fingerprint density at radius 1 is 1.09 bits per heavy atom. The third-order valence-corrected chi connectivity index (χ3v) is 6.25. The van der Waals surface area contributed by atoms with Crippen LogP contribution in [0.15, 0.2) is 65.6 Å². The van der Waals surface area contributed by atoms with Gasteiger partial charge in [-0.2, -0.15) is 5.10 Å². The van der Waals surface area contributed by atoms with Crippen LogP contribution >= 0.6 is 0 Å². The highest BCUT2D eigenvalue weighted by atomic mass is 16.4. The fourth-order valence-electron chi connectivity index (χ4n) is 4.54. The maximum atomic E-state index is 13.1. The molecule has 0 saturated carbocycles. The van der Waals surface area contributed by atoms with Gasteiger partial charge in [-0.05, 0) is 56.7 Å². The van der Waals surface area contributed by atoms with E-state index in [4.69, 9.17) is 4.98 Å². The molecule has 8 heteroatoms. The van der Waals surface area contributed by atoms with Crippen LogP contribution in [0, 0.1) is 13.8 Å². The molecule has 0 aliphatic heterocycles. The zero-order chi connectivity index (χ0) is 24.9. The minimum Gasteiger partial charge on any atom is -0.478 e. The van der Waals surface area contributed by atoms with Gasteiger partial charge in [0.2, 0.25) is 0 Å². The van der Waals surface area contributed by atoms with Crippen molar-refractivity contribution in [1.82, 2.24) is 19.2 Å². The van der Waals surface area contributed by atoms with Crippen molar-refractivity contribution in [2.24, 2.45) is 7.05 Å². The topological polar surface area (TPSA) is 102 Å². The van der Waals surface area contributed by atoms with Crippen molar-refractivity contribution in [2.75, 3.05) is 5.32 Å². The number of nitrogens with one attached hydrogen (secondary N) is 1. The van der Waals surface area contributed by atoms with Crippen molar-refractivity contribution >= 4 is 28.2 Å². The Hall–Kier alpha value is -4.46. The normalized spacial score (nSPS) is 12.2. The first-order valence-electron chi connectivity index (χ1n) is 11.3. The molecule has 0 saturated heterocycles. The highest BCUT2D eigenvalue weighted by Crippen LogP contribution is 2.28. The van der Waals surface area contributed by atoms with Crippen molar-refractivity contribution in [3.8, 4) is 11.3 Å². The van der Waals surface area contributed by atoms with Gasteiger partial charge >= 0.3 is 5.97 Å². The second-order valence-corrected chi connectivity index (χ2v) is 8.80. The molecule has 2 aromatic carbocycles. The number of nitrogens with zero attached hydrogens (tertiary/aromatic N) is 4. The molecule has 0 aliphatic carbocycles. The van der Waals surface area contributed by atoms with Gasteiger partial charge in [0, 0.05) is 41.5 Å². The number of carbonyl (C=O) groups is 1. The fourth-order valence-corrected chi connectivity index (χ4v) is 4.54. The van der Waals surface area contributed by atoms with Crippen LogP contribution in [0.2, 0.25) is 0 Å². The number of hydrogen-bond acceptors (Lipinski definition) is 5. The molecule has 1 atom stereocenters. The first-order chi connectivity index (χ1) is 16.7. The van der Waals surface area contributed by atoms with Crippen LogP contribution in [0.25, 0.3) is 27.8 Å². The first-order valence-corrected chi connectivity index (χ1v) is 11.3. The Labute approximate surface area is 201 Å². The largest absolute Gasteiger partial charge is 0.478 e. The van der Waals surface area contributed by atoms with E-state index in [9.17, 15) is 14.7 Å². The van der Waals surface area contributed by atoms with Gasteiger partial charge in [-0.15, -0.1) is 0 Å². The predicted octanol–water partition coefficient (Wildman–Crippen LogP) is 4.74. The molecule has 3 heterocycles. The fraction of sp³-hybridized carbons (Fsp3) is 0.185. The Morgan fingerprint density at radius 3 is 2.63 bits per heavy atom. The maximum Gasteiger partial charge on any atom is 0.337 e. The zero-order valence-electron chi connectivity index (χ0n) is 19.9. The number of fused-ring (bicyclic) bond motifs is 2. The van der Waals surface area contributed by atoms with Crippen LogP contribution in [0.5, 0.6) is 0 Å². The second-order valence-electron chi connectivity index (χ2n) is 8.80. The summed E-state index contributed by atoms with van der Waals surface area (Å²) in [6.07, 6.45) is 1.77. The molecule has 0 aliphatic rings. The van der Waals surface area contributed by atoms with E-state index >= 15 is 0 Å². The SMILES string of the molecule is Cc1cc(C(C)Nc2ccccc2C(=O)O)c2nc(-c3ccc4c(c3)c(C)nn4C)cc(=O)n2c1. The standard InChI is InChI=1S/C27H25N5O3/c1-15-11-21(16(2)28-22-8-6-5-7-19(22)27(34)35)26-29-23(13-25(33)32(26)14-15)18-9-10-24-20(12-18)17(3)30-31(24)4/h5-14,16,28H,1-4H3,(H,34,35). The number of para-hydroxylation sites is 1. The summed E-state index contributed by atoms with van der Waals surface area (Å²) in [5.74, 6) is -1.01. The van der Waals surface area contributed by atoms with Crippen LogP contribution in [0.1, 0.15) is 40.1 Å². The van der Waals surface area contributed by atoms with Gasteiger partial charge < -0.3 is 10.4 Å². The first kappa shape index (κ1) is 22.3. The highest BCUT2D eigenvalue weighted by Gasteiger charge is 2.18. The number of benzene rings is 2. The van der Waals surface area contributed by atoms with Crippen molar-refractivity contribution in [1.29, 1.82) is 0 Å². The number of aromatic nitrogens is 4. The third kappa shape index (κ3) is 3.93. The molecule has 5 aromatic rings. The van der Waals surface area contributed by atoms with E-state index in [1.807, 2.05) is 56.8 Å². The van der Waals surface area contributed by atoms with Crippen LogP contribution in [-0.2, 0) is 7.05 Å². The molecule has 0 radical (unpaired) electrons. The van der Waals surface area contributed by atoms with Crippen molar-refractivity contribution < 1.29 is 9.90 Å². The molecule has 0 bridgehead atoms. The Balaban J connectivity index is 1.65. The van der Waals surface area contributed by atoms with Gasteiger partial charge in [0.05, 0.1) is 28.5 Å². The lowest BCUT2D eigenvalue weighted by atomic mass is 10.0. The number of aryl methyl sites for hydroxylation is 3. The quantitative estimate of drug-likeness (QED) is 0.387. The molecular weight excluding hydrogens is 442 g/mol. The van der Waals surface area contributed by atoms with Gasteiger partial charge in [-0.1, -0.05) is 18.2 Å². The van der Waals surface area contributed by atoms with Gasteiger partial charge in [-0.25, -0.2) is 9.78 Å². The van der Waals surface area contributed by atoms with Crippen molar-refractivity contribution in [3.05, 3.63) is 93.5 Å². The van der Waals surface area contributed by atoms with E-state index in [1.54, 1.807) is 40.9 Å². The van der Waals surface area contributed by atoms with Crippen LogP contribution < -0.4 is 10.9 Å². The lowest BCUT2D eigenvalue weighted by Crippen LogP contribution is -2.19. The number of anilines is 1. The monoisotopic (exact) mass is 467 g/mol. The molecular formula is C27H25N5O3. The Morgan fingerprint density at radius 2 is 1.86 bits per heavy atom. The predicted molar refractivity (Wildman–Crippen MR) is 136 cm³/mol. The van der Waals surface area contributed by atoms with Crippen molar-refractivity contribution in [2.45, 2.75) is 26.8 Å². The summed E-state index contributed by atoms with van der Waals surface area (Å²) < 4.78 is 3.38. The molecule has 8 nitrogen and oxygen atoms in total. The van der Waals surface area contributed by atoms with Gasteiger partial charge in [0.1, 0.15) is 5.65 Å². The molecule has 0 spiro atoms. The van der Waals surface area contributed by atoms with Crippen LogP contribution in [0.4, 0.5) is 5.69 Å². The second kappa shape index (κ2) is 8.39. The molecule has 2 N–H and O–H groups in total. The van der Waals surface area contributed by atoms with Crippen LogP contribution in [-0.4, -0.2) is 30.2 Å². The van der Waals surface area contributed by atoms with Gasteiger partial charge in [0.15, 0.2) is 0 Å². The molecule has 0 amide bonds. The van der Waals surface area contributed by atoms with E-state index < -0.39 is 5.97 Å². The summed E-state index contributed by atoms with van der Waals surface area (Å²) in [6.45, 7) is 5.80. The minimum absolute atomic E-state index is 0.183. The van der Waals surface area contributed by atoms with E-state index in [0.717, 1.165) is 33.3 Å². The zero-order valence-corrected chi connectivity index (χ0v) is 19.9. The summed E-state index contributed by atoms with van der Waals surface area (Å²) in [4.78, 5) is 29.7. The summed E-state index contributed by atoms with van der Waals surface area (Å²) in [5.41, 5.74) is 6.04. The summed E-state index contributed by atoms with van der Waals surface area (Å²) in [6, 6.07) is 15.9. The van der Waals surface area contributed by atoms with Gasteiger partial charge in [0.25, 0.3) is 5.56 Å². The average Bonchev–Trinajstić information content (AvgIpc) is 3.11. The molecule has 0 fully saturated rings. The highest BCUT2D eigenvalue weighted by molar-refractivity contribution is 5.94. The Bertz CT molecular complexity index is 1680. The molecule has 176 valence electrons. The number of carboxylic acid groups (broad SMARTS) is 1. The lowest BCUT2D eigenvalue weighted by Gasteiger charge is -2.20. The molecule has 5 rings (SSSR count). The number of pyridine rings is 1. The number of aromatic carboxylic acids is 1. The van der Waals surface area contributed by atoms with Gasteiger partial charge in [-0.3, -0.25) is 13.9 Å². The average molecular weight is 468 g/mol. The van der Waals surface area contributed by atoms with E-state index in [-0.39, 0.29) is 17.2 Å². The number of hydrogen-bond donors (Lipinski definition) is 2. The molecule has 1 unspecified atom stereocenters. The Kier molecular flexibility index (Phi) is 5.36. The smallest absolute Gasteiger partial charge is 0.337 e. The minimum atomic E-state index is -1.01. The molecule has 35 heavy (non-hydrogen) atoms. The van der Waals surface area contributed by atoms with E-state index in [1.165, 1.54) is 0 Å². The molecule has 3 aromatic heterocycles.